The minimum Gasteiger partial charge on any atom is -0.393 e. The number of sulfonamides is 1. The highest BCUT2D eigenvalue weighted by atomic mass is 35.5. The van der Waals surface area contributed by atoms with Crippen LogP contribution in [0, 0.1) is 5.92 Å². The van der Waals surface area contributed by atoms with E-state index in [0.717, 1.165) is 18.2 Å². The lowest BCUT2D eigenvalue weighted by atomic mass is 9.98. The highest BCUT2D eigenvalue weighted by molar-refractivity contribution is 7.89. The fraction of sp³-hybridized carbons (Fsp3) is 0.444. The highest BCUT2D eigenvalue weighted by Gasteiger charge is 2.44. The quantitative estimate of drug-likeness (QED) is 0.906. The van der Waals surface area contributed by atoms with E-state index in [1.54, 1.807) is 22.5 Å². The van der Waals surface area contributed by atoms with E-state index >= 15 is 0 Å². The van der Waals surface area contributed by atoms with Crippen LogP contribution < -0.4 is 0 Å². The number of hydrogen-bond donors (Lipinski definition) is 1. The Kier molecular flexibility index (Phi) is 4.07. The van der Waals surface area contributed by atoms with Crippen molar-refractivity contribution in [3.63, 3.8) is 0 Å². The molecule has 2 aliphatic rings. The monoisotopic (exact) mass is 365 g/mol. The van der Waals surface area contributed by atoms with E-state index in [0.29, 0.717) is 35.7 Å². The molecule has 24 heavy (non-hydrogen) atoms. The lowest BCUT2D eigenvalue weighted by molar-refractivity contribution is 0.0736. The summed E-state index contributed by atoms with van der Waals surface area (Å²) in [5.74, 6) is 0.375. The first-order valence-corrected chi connectivity index (χ1v) is 10.2. The van der Waals surface area contributed by atoms with Crippen molar-refractivity contribution in [2.24, 2.45) is 5.92 Å². The van der Waals surface area contributed by atoms with Crippen LogP contribution in [0.15, 0.2) is 41.3 Å². The summed E-state index contributed by atoms with van der Waals surface area (Å²) < 4.78 is 28.4. The molecule has 1 saturated carbocycles. The summed E-state index contributed by atoms with van der Waals surface area (Å²) in [4.78, 5) is 0.271. The van der Waals surface area contributed by atoms with Crippen LogP contribution in [0.3, 0.4) is 0 Å². The molecule has 2 fully saturated rings. The van der Waals surface area contributed by atoms with Gasteiger partial charge >= 0.3 is 0 Å². The maximum absolute atomic E-state index is 13.4. The fourth-order valence-corrected chi connectivity index (χ4v) is 6.06. The Morgan fingerprint density at radius 1 is 1.08 bits per heavy atom. The molecule has 1 aliphatic carbocycles. The van der Waals surface area contributed by atoms with Crippen LogP contribution in [0.2, 0.25) is 5.02 Å². The Bertz CT molecular complexity index is 874. The number of halogens is 1. The second-order valence-corrected chi connectivity index (χ2v) is 9.06. The largest absolute Gasteiger partial charge is 0.393 e. The molecule has 0 radical (unpaired) electrons. The van der Waals surface area contributed by atoms with Crippen molar-refractivity contribution in [2.75, 3.05) is 6.54 Å². The normalized spacial score (nSPS) is 25.9. The van der Waals surface area contributed by atoms with Gasteiger partial charge in [0.1, 0.15) is 0 Å². The zero-order valence-corrected chi connectivity index (χ0v) is 14.8. The van der Waals surface area contributed by atoms with Gasteiger partial charge in [-0.2, -0.15) is 4.31 Å². The Labute approximate surface area is 147 Å². The van der Waals surface area contributed by atoms with Crippen molar-refractivity contribution in [3.8, 4) is 0 Å². The van der Waals surface area contributed by atoms with E-state index in [1.165, 1.54) is 0 Å². The Hall–Kier alpha value is -1.14. The first kappa shape index (κ1) is 16.3. The molecule has 1 saturated heterocycles. The predicted octanol–water partition coefficient (Wildman–Crippen LogP) is 3.42. The Morgan fingerprint density at radius 2 is 1.79 bits per heavy atom. The van der Waals surface area contributed by atoms with E-state index in [9.17, 15) is 13.5 Å². The summed E-state index contributed by atoms with van der Waals surface area (Å²) in [6.45, 7) is 0.367. The molecule has 1 N–H and O–H groups in total. The van der Waals surface area contributed by atoms with Gasteiger partial charge in [-0.1, -0.05) is 35.9 Å². The summed E-state index contributed by atoms with van der Waals surface area (Å²) in [5.41, 5.74) is 0. The van der Waals surface area contributed by atoms with Crippen LogP contribution in [0.1, 0.15) is 25.7 Å². The fourth-order valence-electron chi connectivity index (χ4n) is 3.77. The number of hydrogen-bond acceptors (Lipinski definition) is 3. The van der Waals surface area contributed by atoms with Gasteiger partial charge in [0.2, 0.25) is 10.0 Å². The first-order chi connectivity index (χ1) is 11.5. The summed E-state index contributed by atoms with van der Waals surface area (Å²) in [6.07, 6.45) is 2.70. The molecule has 1 heterocycles. The molecule has 4 rings (SSSR count). The molecule has 2 atom stereocenters. The third kappa shape index (κ3) is 2.73. The third-order valence-electron chi connectivity index (χ3n) is 5.13. The standard InChI is InChI=1S/C18H20ClNO3S/c19-15-5-1-3-13-4-2-6-17(18(13)15)24(22,23)20-10-9-14(21)11-16(20)12-7-8-12/h1-6,12,14,16,21H,7-11H2/t14-,16-/m1/s1. The van der Waals surface area contributed by atoms with Crippen molar-refractivity contribution < 1.29 is 13.5 Å². The van der Waals surface area contributed by atoms with Crippen LogP contribution in [-0.4, -0.2) is 36.5 Å². The van der Waals surface area contributed by atoms with Gasteiger partial charge in [-0.3, -0.25) is 0 Å². The lowest BCUT2D eigenvalue weighted by Crippen LogP contribution is -2.48. The molecule has 0 spiro atoms. The van der Waals surface area contributed by atoms with Crippen molar-refractivity contribution in [2.45, 2.75) is 42.7 Å². The van der Waals surface area contributed by atoms with Crippen LogP contribution in [0.4, 0.5) is 0 Å². The average Bonchev–Trinajstić information content (AvgIpc) is 3.39. The first-order valence-electron chi connectivity index (χ1n) is 8.35. The Balaban J connectivity index is 1.83. The molecule has 0 aromatic heterocycles. The van der Waals surface area contributed by atoms with Gasteiger partial charge in [-0.25, -0.2) is 8.42 Å². The van der Waals surface area contributed by atoms with Crippen LogP contribution in [-0.2, 0) is 10.0 Å². The van der Waals surface area contributed by atoms with Gasteiger partial charge < -0.3 is 5.11 Å². The third-order valence-corrected chi connectivity index (χ3v) is 7.42. The van der Waals surface area contributed by atoms with Crippen molar-refractivity contribution >= 4 is 32.4 Å². The summed E-state index contributed by atoms with van der Waals surface area (Å²) in [5, 5.41) is 11.8. The zero-order valence-electron chi connectivity index (χ0n) is 13.2. The molecule has 2 aromatic carbocycles. The molecule has 0 unspecified atom stereocenters. The minimum absolute atomic E-state index is 0.100. The van der Waals surface area contributed by atoms with Gasteiger partial charge in [-0.05, 0) is 49.1 Å². The molecule has 128 valence electrons. The van der Waals surface area contributed by atoms with Crippen molar-refractivity contribution in [3.05, 3.63) is 41.4 Å². The van der Waals surface area contributed by atoms with Crippen LogP contribution in [0.5, 0.6) is 0 Å². The zero-order chi connectivity index (χ0) is 16.9. The number of nitrogens with zero attached hydrogens (tertiary/aromatic N) is 1. The van der Waals surface area contributed by atoms with E-state index < -0.39 is 16.1 Å². The van der Waals surface area contributed by atoms with Crippen LogP contribution >= 0.6 is 11.6 Å². The molecule has 0 bridgehead atoms. The molecule has 4 nitrogen and oxygen atoms in total. The summed E-state index contributed by atoms with van der Waals surface area (Å²) >= 11 is 6.32. The average molecular weight is 366 g/mol. The van der Waals surface area contributed by atoms with Gasteiger partial charge in [-0.15, -0.1) is 0 Å². The predicted molar refractivity (Wildman–Crippen MR) is 94.6 cm³/mol. The SMILES string of the molecule is O=S(=O)(c1cccc2cccc(Cl)c12)N1CC[C@@H](O)C[C@@H]1C1CC1. The Morgan fingerprint density at radius 3 is 2.50 bits per heavy atom. The van der Waals surface area contributed by atoms with Crippen LogP contribution in [0.25, 0.3) is 10.8 Å². The molecular weight excluding hydrogens is 346 g/mol. The summed E-state index contributed by atoms with van der Waals surface area (Å²) in [7, 11) is -3.65. The van der Waals surface area contributed by atoms with Gasteiger partial charge in [0.05, 0.1) is 11.0 Å². The molecule has 6 heteroatoms. The van der Waals surface area contributed by atoms with Gasteiger partial charge in [0, 0.05) is 23.0 Å². The summed E-state index contributed by atoms with van der Waals surface area (Å²) in [6, 6.07) is 10.6. The highest BCUT2D eigenvalue weighted by Crippen LogP contribution is 2.42. The van der Waals surface area contributed by atoms with E-state index in [2.05, 4.69) is 0 Å². The number of fused-ring (bicyclic) bond motifs is 1. The number of benzene rings is 2. The minimum atomic E-state index is -3.65. The topological polar surface area (TPSA) is 57.6 Å². The van der Waals surface area contributed by atoms with E-state index in [4.69, 9.17) is 11.6 Å². The second kappa shape index (κ2) is 5.99. The molecule has 1 aliphatic heterocycles. The number of piperidine rings is 1. The maximum Gasteiger partial charge on any atom is 0.244 e. The van der Waals surface area contributed by atoms with Crippen molar-refractivity contribution in [1.82, 2.24) is 4.31 Å². The maximum atomic E-state index is 13.4. The van der Waals surface area contributed by atoms with Gasteiger partial charge in [0.15, 0.2) is 0 Å². The smallest absolute Gasteiger partial charge is 0.244 e. The number of rotatable bonds is 3. The van der Waals surface area contributed by atoms with Gasteiger partial charge in [0.25, 0.3) is 0 Å². The lowest BCUT2D eigenvalue weighted by Gasteiger charge is -2.37. The molecule has 0 amide bonds. The van der Waals surface area contributed by atoms with Crippen molar-refractivity contribution in [1.29, 1.82) is 0 Å². The number of aliphatic hydroxyl groups is 1. The van der Waals surface area contributed by atoms with E-state index in [1.807, 2.05) is 18.2 Å². The molecular formula is C18H20ClNO3S. The second-order valence-electron chi connectivity index (χ2n) is 6.79. The number of aliphatic hydroxyl groups excluding tert-OH is 1. The molecule has 2 aromatic rings. The van der Waals surface area contributed by atoms with E-state index in [-0.39, 0.29) is 10.9 Å².